The van der Waals surface area contributed by atoms with Crippen molar-refractivity contribution in [1.29, 1.82) is 0 Å². The lowest BCUT2D eigenvalue weighted by atomic mass is 10.1. The molecule has 2 aromatic rings. The average Bonchev–Trinajstić information content (AvgIpc) is 2.47. The zero-order valence-electron chi connectivity index (χ0n) is 11.0. The molecule has 0 unspecified atom stereocenters. The number of rotatable bonds is 4. The van der Waals surface area contributed by atoms with Crippen molar-refractivity contribution in [2.45, 2.75) is 0 Å². The van der Waals surface area contributed by atoms with Crippen molar-refractivity contribution < 1.29 is 9.53 Å². The number of carbonyl (C=O) groups is 1. The van der Waals surface area contributed by atoms with Crippen LogP contribution in [-0.4, -0.2) is 12.9 Å². The molecule has 3 nitrogen and oxygen atoms in total. The van der Waals surface area contributed by atoms with Gasteiger partial charge >= 0.3 is 0 Å². The number of ketones is 1. The fourth-order valence-electron chi connectivity index (χ4n) is 1.69. The maximum Gasteiger partial charge on any atom is 0.185 e. The molecular formula is C16H14ClNO2. The Bertz CT molecular complexity index is 648. The predicted molar refractivity (Wildman–Crippen MR) is 82.2 cm³/mol. The summed E-state index contributed by atoms with van der Waals surface area (Å²) in [6, 6.07) is 12.2. The molecule has 0 fully saturated rings. The number of hydrogen-bond acceptors (Lipinski definition) is 3. The van der Waals surface area contributed by atoms with Gasteiger partial charge in [-0.25, -0.2) is 0 Å². The molecule has 2 aromatic carbocycles. The van der Waals surface area contributed by atoms with Crippen LogP contribution in [0.15, 0.2) is 48.5 Å². The summed E-state index contributed by atoms with van der Waals surface area (Å²) in [4.78, 5) is 12.1. The van der Waals surface area contributed by atoms with E-state index in [4.69, 9.17) is 22.1 Å². The average molecular weight is 288 g/mol. The molecule has 0 aromatic heterocycles. The van der Waals surface area contributed by atoms with E-state index in [1.807, 2.05) is 12.1 Å². The van der Waals surface area contributed by atoms with Crippen LogP contribution in [0.1, 0.15) is 15.9 Å². The van der Waals surface area contributed by atoms with Crippen molar-refractivity contribution in [3.8, 4) is 5.75 Å². The summed E-state index contributed by atoms with van der Waals surface area (Å²) in [5.41, 5.74) is 7.73. The van der Waals surface area contributed by atoms with Crippen molar-refractivity contribution in [3.63, 3.8) is 0 Å². The predicted octanol–water partition coefficient (Wildman–Crippen LogP) is 3.83. The van der Waals surface area contributed by atoms with Crippen molar-refractivity contribution in [2.75, 3.05) is 12.8 Å². The van der Waals surface area contributed by atoms with Gasteiger partial charge in [0.15, 0.2) is 5.78 Å². The number of ether oxygens (including phenoxy) is 1. The molecule has 20 heavy (non-hydrogen) atoms. The van der Waals surface area contributed by atoms with Gasteiger partial charge in [-0.15, -0.1) is 0 Å². The third kappa shape index (κ3) is 3.39. The maximum atomic E-state index is 12.1. The second kappa shape index (κ2) is 6.26. The van der Waals surface area contributed by atoms with E-state index < -0.39 is 0 Å². The second-order valence-electron chi connectivity index (χ2n) is 4.21. The van der Waals surface area contributed by atoms with Crippen LogP contribution in [0.5, 0.6) is 5.75 Å². The molecule has 0 saturated heterocycles. The number of halogens is 1. The van der Waals surface area contributed by atoms with Gasteiger partial charge in [0.25, 0.3) is 0 Å². The van der Waals surface area contributed by atoms with E-state index in [1.165, 1.54) is 13.2 Å². The summed E-state index contributed by atoms with van der Waals surface area (Å²) in [5.74, 6) is 0.371. The van der Waals surface area contributed by atoms with Crippen molar-refractivity contribution >= 4 is 29.1 Å². The standard InChI is InChI=1S/C16H14ClNO2/c1-20-16-10-12(5-8-14(16)17)15(19)9-4-11-2-6-13(18)7-3-11/h2-10H,18H2,1H3/b9-4+. The molecule has 102 valence electrons. The molecule has 0 aliphatic carbocycles. The van der Waals surface area contributed by atoms with Crippen LogP contribution < -0.4 is 10.5 Å². The number of allylic oxidation sites excluding steroid dienone is 1. The van der Waals surface area contributed by atoms with E-state index in [0.29, 0.717) is 22.0 Å². The van der Waals surface area contributed by atoms with Gasteiger partial charge in [0.1, 0.15) is 5.75 Å². The van der Waals surface area contributed by atoms with Crippen LogP contribution in [0.4, 0.5) is 5.69 Å². The number of benzene rings is 2. The SMILES string of the molecule is COc1cc(C(=O)/C=C/c2ccc(N)cc2)ccc1Cl. The van der Waals surface area contributed by atoms with Gasteiger partial charge in [0.05, 0.1) is 12.1 Å². The van der Waals surface area contributed by atoms with Crippen LogP contribution in [0.2, 0.25) is 5.02 Å². The first-order valence-corrected chi connectivity index (χ1v) is 6.39. The molecule has 2 N–H and O–H groups in total. The number of hydrogen-bond donors (Lipinski definition) is 1. The zero-order valence-corrected chi connectivity index (χ0v) is 11.7. The van der Waals surface area contributed by atoms with E-state index in [2.05, 4.69) is 0 Å². The van der Waals surface area contributed by atoms with Gasteiger partial charge in [-0.3, -0.25) is 4.79 Å². The minimum absolute atomic E-state index is 0.114. The minimum Gasteiger partial charge on any atom is -0.495 e. The van der Waals surface area contributed by atoms with E-state index in [9.17, 15) is 4.79 Å². The summed E-state index contributed by atoms with van der Waals surface area (Å²) < 4.78 is 5.09. The molecule has 0 aliphatic rings. The van der Waals surface area contributed by atoms with Crippen LogP contribution >= 0.6 is 11.6 Å². The highest BCUT2D eigenvalue weighted by Gasteiger charge is 2.06. The van der Waals surface area contributed by atoms with Gasteiger partial charge in [-0.1, -0.05) is 29.8 Å². The second-order valence-corrected chi connectivity index (χ2v) is 4.62. The number of carbonyl (C=O) groups excluding carboxylic acids is 1. The molecule has 0 radical (unpaired) electrons. The molecule has 0 bridgehead atoms. The molecule has 0 aliphatic heterocycles. The van der Waals surface area contributed by atoms with E-state index >= 15 is 0 Å². The van der Waals surface area contributed by atoms with Gasteiger partial charge in [-0.05, 0) is 42.0 Å². The van der Waals surface area contributed by atoms with Crippen LogP contribution in [0.25, 0.3) is 6.08 Å². The van der Waals surface area contributed by atoms with Gasteiger partial charge < -0.3 is 10.5 Å². The van der Waals surface area contributed by atoms with E-state index in [0.717, 1.165) is 5.56 Å². The first-order valence-electron chi connectivity index (χ1n) is 6.01. The molecular weight excluding hydrogens is 274 g/mol. The third-order valence-corrected chi connectivity index (χ3v) is 3.11. The molecule has 2 rings (SSSR count). The van der Waals surface area contributed by atoms with Crippen molar-refractivity contribution in [3.05, 3.63) is 64.7 Å². The molecule has 0 saturated carbocycles. The number of anilines is 1. The molecule has 4 heteroatoms. The highest BCUT2D eigenvalue weighted by Crippen LogP contribution is 2.25. The Morgan fingerprint density at radius 3 is 2.55 bits per heavy atom. The Hall–Kier alpha value is -2.26. The van der Waals surface area contributed by atoms with Crippen LogP contribution in [0, 0.1) is 0 Å². The normalized spacial score (nSPS) is 10.7. The molecule has 0 spiro atoms. The Morgan fingerprint density at radius 1 is 1.20 bits per heavy atom. The molecule has 0 atom stereocenters. The summed E-state index contributed by atoms with van der Waals surface area (Å²) >= 11 is 5.92. The number of nitrogens with two attached hydrogens (primary N) is 1. The topological polar surface area (TPSA) is 52.3 Å². The largest absolute Gasteiger partial charge is 0.495 e. The lowest BCUT2D eigenvalue weighted by Crippen LogP contribution is -1.95. The van der Waals surface area contributed by atoms with Crippen LogP contribution in [-0.2, 0) is 0 Å². The maximum absolute atomic E-state index is 12.1. The molecule has 0 heterocycles. The summed E-state index contributed by atoms with van der Waals surface area (Å²) in [6.07, 6.45) is 3.25. The molecule has 0 amide bonds. The number of methoxy groups -OCH3 is 1. The minimum atomic E-state index is -0.114. The Balaban J connectivity index is 2.17. The Kier molecular flexibility index (Phi) is 4.43. The van der Waals surface area contributed by atoms with Crippen molar-refractivity contribution in [1.82, 2.24) is 0 Å². The lowest BCUT2D eigenvalue weighted by Gasteiger charge is -2.04. The summed E-state index contributed by atoms with van der Waals surface area (Å²) in [6.45, 7) is 0. The Morgan fingerprint density at radius 2 is 1.90 bits per heavy atom. The lowest BCUT2D eigenvalue weighted by molar-refractivity contribution is 0.104. The fraction of sp³-hybridized carbons (Fsp3) is 0.0625. The smallest absolute Gasteiger partial charge is 0.185 e. The fourth-order valence-corrected chi connectivity index (χ4v) is 1.88. The zero-order chi connectivity index (χ0) is 14.5. The summed E-state index contributed by atoms with van der Waals surface area (Å²) in [5, 5.41) is 0.478. The first kappa shape index (κ1) is 14.2. The quantitative estimate of drug-likeness (QED) is 0.528. The monoisotopic (exact) mass is 287 g/mol. The van der Waals surface area contributed by atoms with Crippen molar-refractivity contribution in [2.24, 2.45) is 0 Å². The van der Waals surface area contributed by atoms with Gasteiger partial charge in [-0.2, -0.15) is 0 Å². The van der Waals surface area contributed by atoms with Gasteiger partial charge in [0.2, 0.25) is 0 Å². The van der Waals surface area contributed by atoms with E-state index in [-0.39, 0.29) is 5.78 Å². The van der Waals surface area contributed by atoms with Gasteiger partial charge in [0, 0.05) is 11.3 Å². The highest BCUT2D eigenvalue weighted by atomic mass is 35.5. The first-order chi connectivity index (χ1) is 9.60. The van der Waals surface area contributed by atoms with Crippen LogP contribution in [0.3, 0.4) is 0 Å². The highest BCUT2D eigenvalue weighted by molar-refractivity contribution is 6.32. The van der Waals surface area contributed by atoms with E-state index in [1.54, 1.807) is 36.4 Å². The number of nitrogen functional groups attached to an aromatic ring is 1. The third-order valence-electron chi connectivity index (χ3n) is 2.80. The summed E-state index contributed by atoms with van der Waals surface area (Å²) in [7, 11) is 1.51. The Labute approximate surface area is 122 Å².